The summed E-state index contributed by atoms with van der Waals surface area (Å²) in [6, 6.07) is 14.0. The molecule has 0 spiro atoms. The summed E-state index contributed by atoms with van der Waals surface area (Å²) >= 11 is 6.14. The summed E-state index contributed by atoms with van der Waals surface area (Å²) in [5.41, 5.74) is 14.9. The number of nitrogen functional groups attached to an aromatic ring is 1. The number of nitrogens with zero attached hydrogens (tertiary/aromatic N) is 3. The van der Waals surface area contributed by atoms with Crippen LogP contribution in [0.15, 0.2) is 53.4 Å². The summed E-state index contributed by atoms with van der Waals surface area (Å²) in [5, 5.41) is 6.18. The second-order valence-corrected chi connectivity index (χ2v) is 10.7. The van der Waals surface area contributed by atoms with E-state index in [-0.39, 0.29) is 22.1 Å². The normalized spacial score (nSPS) is 11.4. The van der Waals surface area contributed by atoms with Crippen LogP contribution in [0, 0.1) is 27.7 Å². The number of aryl methyl sites for hydroxylation is 4. The monoisotopic (exact) mass is 538 g/mol. The number of benzene rings is 3. The Labute approximate surface area is 220 Å². The first-order valence-electron chi connectivity index (χ1n) is 11.4. The Morgan fingerprint density at radius 1 is 0.811 bits per heavy atom. The number of nitrogens with one attached hydrogen (secondary N) is 2. The van der Waals surface area contributed by atoms with Crippen LogP contribution in [0.4, 0.5) is 29.0 Å². The molecule has 0 bridgehead atoms. The number of hydrogen-bond donors (Lipinski definition) is 4. The van der Waals surface area contributed by atoms with Crippen LogP contribution in [0.2, 0.25) is 5.28 Å². The van der Waals surface area contributed by atoms with E-state index in [1.807, 2.05) is 27.7 Å². The third-order valence-electron chi connectivity index (χ3n) is 5.91. The van der Waals surface area contributed by atoms with Crippen molar-refractivity contribution in [1.29, 1.82) is 0 Å². The van der Waals surface area contributed by atoms with E-state index in [9.17, 15) is 8.42 Å². The standard InChI is InChI=1S/C26H27ClN6O3S/c1-14-9-18(10-15(2)22(14)28)13-19-11-16(3)23(17(4)12-19)30-26-32-24(27)31-25(33-26)29-20-5-7-21(8-6-20)37(34,35)36/h5-12H,13,28H2,1-4H3,(H,34,35,36)(H2,29,30,31,32,33). The highest BCUT2D eigenvalue weighted by molar-refractivity contribution is 7.85. The van der Waals surface area contributed by atoms with Crippen molar-refractivity contribution in [1.82, 2.24) is 15.0 Å². The third-order valence-corrected chi connectivity index (χ3v) is 6.94. The highest BCUT2D eigenvalue weighted by Gasteiger charge is 2.13. The van der Waals surface area contributed by atoms with E-state index >= 15 is 0 Å². The van der Waals surface area contributed by atoms with Gasteiger partial charge in [0.1, 0.15) is 0 Å². The maximum atomic E-state index is 11.2. The first-order valence-corrected chi connectivity index (χ1v) is 13.2. The molecule has 1 heterocycles. The zero-order valence-electron chi connectivity index (χ0n) is 20.8. The van der Waals surface area contributed by atoms with Gasteiger partial charge in [-0.1, -0.05) is 24.3 Å². The van der Waals surface area contributed by atoms with Crippen molar-refractivity contribution >= 4 is 50.7 Å². The molecule has 4 rings (SSSR count). The molecular formula is C26H27ClN6O3S. The van der Waals surface area contributed by atoms with Gasteiger partial charge in [-0.05, 0) is 103 Å². The first-order chi connectivity index (χ1) is 17.4. The van der Waals surface area contributed by atoms with E-state index in [2.05, 4.69) is 49.9 Å². The lowest BCUT2D eigenvalue weighted by Gasteiger charge is -2.15. The van der Waals surface area contributed by atoms with E-state index in [0.29, 0.717) is 5.69 Å². The van der Waals surface area contributed by atoms with Crippen LogP contribution in [-0.2, 0) is 16.5 Å². The molecule has 0 aliphatic rings. The van der Waals surface area contributed by atoms with Crippen molar-refractivity contribution in [2.24, 2.45) is 0 Å². The number of nitrogens with two attached hydrogens (primary N) is 1. The zero-order valence-corrected chi connectivity index (χ0v) is 22.4. The van der Waals surface area contributed by atoms with Gasteiger partial charge < -0.3 is 16.4 Å². The third kappa shape index (κ3) is 6.34. The molecule has 0 amide bonds. The maximum Gasteiger partial charge on any atom is 0.294 e. The fraction of sp³-hybridized carbons (Fsp3) is 0.192. The Hall–Kier alpha value is -3.73. The molecule has 0 aliphatic carbocycles. The van der Waals surface area contributed by atoms with Crippen LogP contribution >= 0.6 is 11.6 Å². The highest BCUT2D eigenvalue weighted by atomic mass is 35.5. The van der Waals surface area contributed by atoms with Gasteiger partial charge in [-0.15, -0.1) is 0 Å². The van der Waals surface area contributed by atoms with Gasteiger partial charge in [0, 0.05) is 17.1 Å². The van der Waals surface area contributed by atoms with E-state index < -0.39 is 10.1 Å². The molecule has 4 aromatic rings. The lowest BCUT2D eigenvalue weighted by atomic mass is 9.96. The van der Waals surface area contributed by atoms with E-state index in [1.165, 1.54) is 35.4 Å². The van der Waals surface area contributed by atoms with Crippen LogP contribution in [0.3, 0.4) is 0 Å². The summed E-state index contributed by atoms with van der Waals surface area (Å²) in [6.45, 7) is 8.06. The summed E-state index contributed by atoms with van der Waals surface area (Å²) in [6.07, 6.45) is 0.784. The Balaban J connectivity index is 1.54. The fourth-order valence-corrected chi connectivity index (χ4v) is 4.81. The lowest BCUT2D eigenvalue weighted by Crippen LogP contribution is -2.06. The second kappa shape index (κ2) is 10.3. The van der Waals surface area contributed by atoms with Crippen molar-refractivity contribution in [2.75, 3.05) is 16.4 Å². The van der Waals surface area contributed by atoms with Crippen LogP contribution in [-0.4, -0.2) is 27.9 Å². The SMILES string of the molecule is Cc1cc(Cc2cc(C)c(Nc3nc(Cl)nc(Nc4ccc(S(=O)(=O)O)cc4)n3)c(C)c2)cc(C)c1N. The van der Waals surface area contributed by atoms with Gasteiger partial charge in [0.15, 0.2) is 0 Å². The predicted molar refractivity (Wildman–Crippen MR) is 147 cm³/mol. The summed E-state index contributed by atoms with van der Waals surface area (Å²) in [4.78, 5) is 12.4. The molecule has 9 nitrogen and oxygen atoms in total. The fourth-order valence-electron chi connectivity index (χ4n) is 4.17. The Kier molecular flexibility index (Phi) is 7.35. The van der Waals surface area contributed by atoms with Crippen molar-refractivity contribution in [3.05, 3.63) is 87.2 Å². The Morgan fingerprint density at radius 2 is 1.30 bits per heavy atom. The molecular weight excluding hydrogens is 512 g/mol. The lowest BCUT2D eigenvalue weighted by molar-refractivity contribution is 0.483. The van der Waals surface area contributed by atoms with Crippen molar-refractivity contribution in [2.45, 2.75) is 39.0 Å². The van der Waals surface area contributed by atoms with E-state index in [0.717, 1.165) is 40.0 Å². The largest absolute Gasteiger partial charge is 0.398 e. The molecule has 0 unspecified atom stereocenters. The number of anilines is 5. The summed E-state index contributed by atoms with van der Waals surface area (Å²) in [5.74, 6) is 0.420. The predicted octanol–water partition coefficient (Wildman–Crippen LogP) is 5.67. The molecule has 192 valence electrons. The van der Waals surface area contributed by atoms with Crippen LogP contribution in [0.25, 0.3) is 0 Å². The smallest absolute Gasteiger partial charge is 0.294 e. The Morgan fingerprint density at radius 3 is 1.81 bits per heavy atom. The topological polar surface area (TPSA) is 143 Å². The van der Waals surface area contributed by atoms with E-state index in [1.54, 1.807) is 0 Å². The van der Waals surface area contributed by atoms with Gasteiger partial charge in [0.2, 0.25) is 17.2 Å². The summed E-state index contributed by atoms with van der Waals surface area (Å²) < 4.78 is 31.6. The molecule has 0 saturated heterocycles. The molecule has 0 fully saturated rings. The molecule has 11 heteroatoms. The highest BCUT2D eigenvalue weighted by Crippen LogP contribution is 2.28. The average Bonchev–Trinajstić information content (AvgIpc) is 2.79. The zero-order chi connectivity index (χ0) is 26.9. The van der Waals surface area contributed by atoms with Crippen molar-refractivity contribution in [3.63, 3.8) is 0 Å². The molecule has 0 radical (unpaired) electrons. The van der Waals surface area contributed by atoms with Gasteiger partial charge in [-0.3, -0.25) is 4.55 Å². The van der Waals surface area contributed by atoms with Gasteiger partial charge >= 0.3 is 0 Å². The molecule has 0 aliphatic heterocycles. The molecule has 1 aromatic heterocycles. The molecule has 0 atom stereocenters. The van der Waals surface area contributed by atoms with Gasteiger partial charge in [-0.25, -0.2) is 0 Å². The Bertz CT molecular complexity index is 1540. The number of rotatable bonds is 7. The molecule has 5 N–H and O–H groups in total. The molecule has 0 saturated carbocycles. The van der Waals surface area contributed by atoms with Crippen LogP contribution in [0.5, 0.6) is 0 Å². The van der Waals surface area contributed by atoms with Crippen molar-refractivity contribution < 1.29 is 13.0 Å². The number of hydrogen-bond acceptors (Lipinski definition) is 8. The van der Waals surface area contributed by atoms with Gasteiger partial charge in [-0.2, -0.15) is 23.4 Å². The van der Waals surface area contributed by atoms with Gasteiger partial charge in [0.05, 0.1) is 4.90 Å². The quantitative estimate of drug-likeness (QED) is 0.173. The molecule has 37 heavy (non-hydrogen) atoms. The first kappa shape index (κ1) is 26.3. The number of aromatic nitrogens is 3. The minimum atomic E-state index is -4.28. The van der Waals surface area contributed by atoms with E-state index in [4.69, 9.17) is 21.9 Å². The molecule has 3 aromatic carbocycles. The number of halogens is 1. The van der Waals surface area contributed by atoms with Gasteiger partial charge in [0.25, 0.3) is 10.1 Å². The van der Waals surface area contributed by atoms with Crippen LogP contribution < -0.4 is 16.4 Å². The average molecular weight is 539 g/mol. The van der Waals surface area contributed by atoms with Crippen LogP contribution in [0.1, 0.15) is 33.4 Å². The minimum absolute atomic E-state index is 0.0180. The minimum Gasteiger partial charge on any atom is -0.398 e. The van der Waals surface area contributed by atoms with Crippen molar-refractivity contribution in [3.8, 4) is 0 Å². The maximum absolute atomic E-state index is 11.2. The second-order valence-electron chi connectivity index (χ2n) is 8.93. The summed E-state index contributed by atoms with van der Waals surface area (Å²) in [7, 11) is -4.28.